The second kappa shape index (κ2) is 5.86. The Balaban J connectivity index is 2.41. The van der Waals surface area contributed by atoms with Crippen LogP contribution in [0.25, 0.3) is 32.9 Å². The van der Waals surface area contributed by atoms with E-state index in [4.69, 9.17) is 32.0 Å². The van der Waals surface area contributed by atoms with Crippen molar-refractivity contribution in [1.29, 1.82) is 0 Å². The lowest BCUT2D eigenvalue weighted by Gasteiger charge is -1.98. The Kier molecular flexibility index (Phi) is 3.68. The molecule has 3 aromatic carbocycles. The summed E-state index contributed by atoms with van der Waals surface area (Å²) < 4.78 is 11.5. The van der Waals surface area contributed by atoms with E-state index in [1.165, 1.54) is 0 Å². The number of hydrogen-bond donors (Lipinski definition) is 0. The molecule has 118 valence electrons. The molecule has 0 amide bonds. The van der Waals surface area contributed by atoms with Gasteiger partial charge in [0.15, 0.2) is 11.2 Å². The Morgan fingerprint density at radius 3 is 2.08 bits per heavy atom. The van der Waals surface area contributed by atoms with Crippen LogP contribution in [0.4, 0.5) is 0 Å². The normalized spacial score (nSPS) is 11.1. The van der Waals surface area contributed by atoms with Crippen molar-refractivity contribution in [1.82, 2.24) is 0 Å². The molecule has 0 spiro atoms. The van der Waals surface area contributed by atoms with Crippen molar-refractivity contribution >= 4 is 56.1 Å². The maximum absolute atomic E-state index is 12.6. The summed E-state index contributed by atoms with van der Waals surface area (Å²) in [6.45, 7) is 0. The van der Waals surface area contributed by atoms with Crippen molar-refractivity contribution in [2.45, 2.75) is 0 Å². The van der Waals surface area contributed by atoms with E-state index in [-0.39, 0.29) is 0 Å². The molecule has 0 fully saturated rings. The van der Waals surface area contributed by atoms with Gasteiger partial charge in [-0.05, 0) is 35.7 Å². The van der Waals surface area contributed by atoms with Gasteiger partial charge in [0.25, 0.3) is 0 Å². The SMILES string of the molecule is O=c1oc2ccc(Cl)cc2oc2cc(Cl)ccc2c2ccccc12. The molecule has 0 aliphatic heterocycles. The van der Waals surface area contributed by atoms with Gasteiger partial charge in [-0.15, -0.1) is 0 Å². The summed E-state index contributed by atoms with van der Waals surface area (Å²) in [5, 5.41) is 2.92. The summed E-state index contributed by atoms with van der Waals surface area (Å²) in [7, 11) is 0. The van der Waals surface area contributed by atoms with Gasteiger partial charge in [0.2, 0.25) is 0 Å². The molecule has 0 saturated heterocycles. The van der Waals surface area contributed by atoms with Crippen LogP contribution in [0.15, 0.2) is 74.3 Å². The highest BCUT2D eigenvalue weighted by Gasteiger charge is 2.06. The Hall–Kier alpha value is -2.49. The second-order valence-corrected chi connectivity index (χ2v) is 6.14. The highest BCUT2D eigenvalue weighted by molar-refractivity contribution is 6.31. The van der Waals surface area contributed by atoms with E-state index in [0.717, 1.165) is 5.39 Å². The fourth-order valence-corrected chi connectivity index (χ4v) is 2.94. The van der Waals surface area contributed by atoms with Crippen molar-refractivity contribution in [2.75, 3.05) is 0 Å². The van der Waals surface area contributed by atoms with Gasteiger partial charge in [-0.3, -0.25) is 0 Å². The largest absolute Gasteiger partial charge is 0.453 e. The van der Waals surface area contributed by atoms with E-state index in [9.17, 15) is 4.79 Å². The number of fused-ring (bicyclic) bond motifs is 4. The Morgan fingerprint density at radius 1 is 0.625 bits per heavy atom. The molecule has 0 bridgehead atoms. The maximum Gasteiger partial charge on any atom is 0.344 e. The van der Waals surface area contributed by atoms with Gasteiger partial charge in [0.05, 0.1) is 5.39 Å². The Labute approximate surface area is 146 Å². The van der Waals surface area contributed by atoms with Crippen LogP contribution >= 0.6 is 23.2 Å². The highest BCUT2D eigenvalue weighted by Crippen LogP contribution is 2.27. The van der Waals surface area contributed by atoms with Crippen molar-refractivity contribution in [3.63, 3.8) is 0 Å². The summed E-state index contributed by atoms with van der Waals surface area (Å²) in [6.07, 6.45) is 0. The van der Waals surface area contributed by atoms with E-state index in [1.807, 2.05) is 18.2 Å². The van der Waals surface area contributed by atoms with Crippen LogP contribution in [0.1, 0.15) is 0 Å². The van der Waals surface area contributed by atoms with Crippen LogP contribution in [0.2, 0.25) is 10.0 Å². The first-order valence-corrected chi connectivity index (χ1v) is 7.96. The summed E-state index contributed by atoms with van der Waals surface area (Å²) in [4.78, 5) is 12.6. The summed E-state index contributed by atoms with van der Waals surface area (Å²) >= 11 is 12.2. The second-order valence-electron chi connectivity index (χ2n) is 5.27. The minimum Gasteiger partial charge on any atom is -0.453 e. The van der Waals surface area contributed by atoms with Crippen LogP contribution in [0.3, 0.4) is 0 Å². The number of rotatable bonds is 0. The Morgan fingerprint density at radius 2 is 1.29 bits per heavy atom. The lowest BCUT2D eigenvalue weighted by atomic mass is 10.1. The van der Waals surface area contributed by atoms with E-state index in [1.54, 1.807) is 42.5 Å². The molecule has 0 atom stereocenters. The van der Waals surface area contributed by atoms with Gasteiger partial charge in [-0.25, -0.2) is 4.79 Å². The third-order valence-electron chi connectivity index (χ3n) is 3.71. The minimum atomic E-state index is -0.458. The average Bonchev–Trinajstić information content (AvgIpc) is 2.61. The third kappa shape index (κ3) is 2.62. The fourth-order valence-electron chi connectivity index (χ4n) is 2.62. The molecule has 0 unspecified atom stereocenters. The van der Waals surface area contributed by atoms with Gasteiger partial charge in [-0.1, -0.05) is 41.4 Å². The van der Waals surface area contributed by atoms with Crippen molar-refractivity contribution in [3.8, 4) is 0 Å². The molecule has 0 radical (unpaired) electrons. The Bertz CT molecular complexity index is 1200. The van der Waals surface area contributed by atoms with E-state index in [0.29, 0.717) is 37.6 Å². The van der Waals surface area contributed by atoms with Crippen LogP contribution in [0, 0.1) is 0 Å². The lowest BCUT2D eigenvalue weighted by molar-refractivity contribution is 0.558. The van der Waals surface area contributed by atoms with E-state index >= 15 is 0 Å². The standard InChI is InChI=1S/C19H10Cl2O3/c20-11-5-7-14-13-3-1-2-4-15(13)19(22)24-16-8-6-12(21)10-18(16)23-17(14)9-11/h1-10H. The van der Waals surface area contributed by atoms with Crippen molar-refractivity contribution < 1.29 is 8.83 Å². The molecule has 1 aromatic heterocycles. The summed E-state index contributed by atoms with van der Waals surface area (Å²) in [5.74, 6) is 0. The molecule has 3 nitrogen and oxygen atoms in total. The molecule has 24 heavy (non-hydrogen) atoms. The summed E-state index contributed by atoms with van der Waals surface area (Å²) in [5.41, 5.74) is 0.719. The van der Waals surface area contributed by atoms with E-state index < -0.39 is 5.63 Å². The molecule has 1 heterocycles. The first-order chi connectivity index (χ1) is 11.6. The van der Waals surface area contributed by atoms with Crippen LogP contribution in [-0.4, -0.2) is 0 Å². The molecule has 0 aliphatic carbocycles. The predicted molar refractivity (Wildman–Crippen MR) is 97.4 cm³/mol. The first-order valence-electron chi connectivity index (χ1n) is 7.20. The molecular formula is C19H10Cl2O3. The average molecular weight is 357 g/mol. The minimum absolute atomic E-state index is 0.298. The van der Waals surface area contributed by atoms with Gasteiger partial charge in [-0.2, -0.15) is 0 Å². The summed E-state index contributed by atoms with van der Waals surface area (Å²) in [6, 6.07) is 17.3. The van der Waals surface area contributed by atoms with Crippen molar-refractivity contribution in [3.05, 3.63) is 81.1 Å². The van der Waals surface area contributed by atoms with Crippen LogP contribution < -0.4 is 5.63 Å². The van der Waals surface area contributed by atoms with Crippen molar-refractivity contribution in [2.24, 2.45) is 0 Å². The van der Waals surface area contributed by atoms with Gasteiger partial charge in [0.1, 0.15) is 5.58 Å². The molecule has 0 aliphatic rings. The van der Waals surface area contributed by atoms with E-state index in [2.05, 4.69) is 0 Å². The number of hydrogen-bond acceptors (Lipinski definition) is 3. The van der Waals surface area contributed by atoms with Gasteiger partial charge >= 0.3 is 5.63 Å². The smallest absolute Gasteiger partial charge is 0.344 e. The molecule has 0 saturated carbocycles. The monoisotopic (exact) mass is 356 g/mol. The molecule has 5 heteroatoms. The number of halogens is 2. The van der Waals surface area contributed by atoms with Gasteiger partial charge in [0, 0.05) is 27.6 Å². The predicted octanol–water partition coefficient (Wildman–Crippen LogP) is 6.12. The molecule has 4 aromatic rings. The van der Waals surface area contributed by atoms with Gasteiger partial charge < -0.3 is 8.83 Å². The molecular weight excluding hydrogens is 347 g/mol. The highest BCUT2D eigenvalue weighted by atomic mass is 35.5. The fraction of sp³-hybridized carbons (Fsp3) is 0. The maximum atomic E-state index is 12.6. The zero-order valence-corrected chi connectivity index (χ0v) is 13.8. The first kappa shape index (κ1) is 15.1. The lowest BCUT2D eigenvalue weighted by Crippen LogP contribution is -1.95. The molecule has 0 N–H and O–H groups in total. The third-order valence-corrected chi connectivity index (χ3v) is 4.18. The number of benzene rings is 3. The quantitative estimate of drug-likeness (QED) is 0.381. The molecule has 4 rings (SSSR count). The van der Waals surface area contributed by atoms with Crippen LogP contribution in [0.5, 0.6) is 0 Å². The zero-order valence-electron chi connectivity index (χ0n) is 12.3. The van der Waals surface area contributed by atoms with Crippen LogP contribution in [-0.2, 0) is 0 Å². The zero-order chi connectivity index (χ0) is 16.7. The topological polar surface area (TPSA) is 43.4 Å².